The summed E-state index contributed by atoms with van der Waals surface area (Å²) >= 11 is 0. The first-order valence-corrected chi connectivity index (χ1v) is 6.60. The average molecular weight is 254 g/mol. The second-order valence-electron chi connectivity index (χ2n) is 4.84. The smallest absolute Gasteiger partial charge is 0.318 e. The second-order valence-corrected chi connectivity index (χ2v) is 4.84. The lowest BCUT2D eigenvalue weighted by molar-refractivity contribution is 0.0899. The van der Waals surface area contributed by atoms with E-state index in [1.165, 1.54) is 0 Å². The molecular formula is C12H22N4O2. The summed E-state index contributed by atoms with van der Waals surface area (Å²) in [4.78, 5) is 2.15. The molecule has 1 atom stereocenters. The van der Waals surface area contributed by atoms with Crippen LogP contribution in [0.1, 0.15) is 33.1 Å². The normalized spacial score (nSPS) is 20.7. The summed E-state index contributed by atoms with van der Waals surface area (Å²) in [6.07, 6.45) is 1.02. The van der Waals surface area contributed by atoms with Crippen molar-refractivity contribution >= 4 is 6.01 Å². The third-order valence-corrected chi connectivity index (χ3v) is 3.06. The molecule has 1 aromatic rings. The highest BCUT2D eigenvalue weighted by Gasteiger charge is 2.25. The van der Waals surface area contributed by atoms with Crippen LogP contribution in [0.25, 0.3) is 0 Å². The van der Waals surface area contributed by atoms with Gasteiger partial charge in [-0.2, -0.15) is 0 Å². The van der Waals surface area contributed by atoms with Gasteiger partial charge in [0.05, 0.1) is 25.8 Å². The molecule has 0 aliphatic carbocycles. The Kier molecular flexibility index (Phi) is 4.54. The Balaban J connectivity index is 1.99. The fraction of sp³-hybridized carbons (Fsp3) is 0.833. The van der Waals surface area contributed by atoms with Gasteiger partial charge in [-0.1, -0.05) is 25.9 Å². The van der Waals surface area contributed by atoms with E-state index >= 15 is 0 Å². The SMILES string of the molecule is CCC1COCCN1c1nnc(CNC(C)C)o1. The van der Waals surface area contributed by atoms with Gasteiger partial charge in [0.25, 0.3) is 0 Å². The third-order valence-electron chi connectivity index (χ3n) is 3.06. The lowest BCUT2D eigenvalue weighted by atomic mass is 10.2. The molecule has 1 unspecified atom stereocenters. The summed E-state index contributed by atoms with van der Waals surface area (Å²) in [5, 5.41) is 11.5. The van der Waals surface area contributed by atoms with Gasteiger partial charge in [0.2, 0.25) is 5.89 Å². The summed E-state index contributed by atoms with van der Waals surface area (Å²) < 4.78 is 11.2. The van der Waals surface area contributed by atoms with E-state index in [4.69, 9.17) is 9.15 Å². The summed E-state index contributed by atoms with van der Waals surface area (Å²) in [5.74, 6) is 0.639. The fourth-order valence-electron chi connectivity index (χ4n) is 1.97. The minimum Gasteiger partial charge on any atom is -0.407 e. The molecule has 1 saturated heterocycles. The minimum atomic E-state index is 0.338. The second kappa shape index (κ2) is 6.15. The number of morpholine rings is 1. The standard InChI is InChI=1S/C12H22N4O2/c1-4-10-8-17-6-5-16(10)12-15-14-11(18-12)7-13-9(2)3/h9-10,13H,4-8H2,1-3H3. The van der Waals surface area contributed by atoms with Crippen molar-refractivity contribution in [3.8, 4) is 0 Å². The minimum absolute atomic E-state index is 0.338. The quantitative estimate of drug-likeness (QED) is 0.851. The lowest BCUT2D eigenvalue weighted by Crippen LogP contribution is -2.45. The van der Waals surface area contributed by atoms with Gasteiger partial charge >= 0.3 is 6.01 Å². The molecule has 0 amide bonds. The van der Waals surface area contributed by atoms with Crippen LogP contribution in [0.5, 0.6) is 0 Å². The highest BCUT2D eigenvalue weighted by atomic mass is 16.5. The highest BCUT2D eigenvalue weighted by Crippen LogP contribution is 2.19. The van der Waals surface area contributed by atoms with E-state index in [2.05, 4.69) is 41.2 Å². The van der Waals surface area contributed by atoms with Crippen molar-refractivity contribution in [1.82, 2.24) is 15.5 Å². The predicted octanol–water partition coefficient (Wildman–Crippen LogP) is 1.18. The Morgan fingerprint density at radius 2 is 2.28 bits per heavy atom. The van der Waals surface area contributed by atoms with Gasteiger partial charge in [-0.15, -0.1) is 5.10 Å². The van der Waals surface area contributed by atoms with E-state index in [-0.39, 0.29) is 0 Å². The van der Waals surface area contributed by atoms with E-state index in [1.807, 2.05) is 0 Å². The van der Waals surface area contributed by atoms with Crippen molar-refractivity contribution < 1.29 is 9.15 Å². The van der Waals surface area contributed by atoms with Crippen LogP contribution in [-0.2, 0) is 11.3 Å². The van der Waals surface area contributed by atoms with Crippen LogP contribution in [0.2, 0.25) is 0 Å². The summed E-state index contributed by atoms with van der Waals surface area (Å²) in [6.45, 7) is 9.21. The van der Waals surface area contributed by atoms with E-state index in [0.29, 0.717) is 30.5 Å². The largest absolute Gasteiger partial charge is 0.407 e. The monoisotopic (exact) mass is 254 g/mol. The first-order chi connectivity index (χ1) is 8.70. The van der Waals surface area contributed by atoms with Crippen molar-refractivity contribution in [2.24, 2.45) is 0 Å². The number of hydrogen-bond acceptors (Lipinski definition) is 6. The lowest BCUT2D eigenvalue weighted by Gasteiger charge is -2.33. The predicted molar refractivity (Wildman–Crippen MR) is 68.5 cm³/mol. The number of aromatic nitrogens is 2. The van der Waals surface area contributed by atoms with Gasteiger partial charge in [0.1, 0.15) is 0 Å². The maximum atomic E-state index is 5.69. The number of anilines is 1. The zero-order valence-electron chi connectivity index (χ0n) is 11.3. The van der Waals surface area contributed by atoms with E-state index in [9.17, 15) is 0 Å². The van der Waals surface area contributed by atoms with Crippen molar-refractivity contribution in [1.29, 1.82) is 0 Å². The molecule has 0 aromatic carbocycles. The van der Waals surface area contributed by atoms with Crippen LogP contribution in [0.3, 0.4) is 0 Å². The molecule has 2 heterocycles. The van der Waals surface area contributed by atoms with Crippen LogP contribution < -0.4 is 10.2 Å². The third kappa shape index (κ3) is 3.20. The van der Waals surface area contributed by atoms with Crippen LogP contribution >= 0.6 is 0 Å². The van der Waals surface area contributed by atoms with Crippen molar-refractivity contribution in [3.63, 3.8) is 0 Å². The maximum absolute atomic E-state index is 5.69. The number of nitrogens with one attached hydrogen (secondary N) is 1. The first-order valence-electron chi connectivity index (χ1n) is 6.60. The van der Waals surface area contributed by atoms with Gasteiger partial charge in [-0.25, -0.2) is 0 Å². The highest BCUT2D eigenvalue weighted by molar-refractivity contribution is 5.27. The van der Waals surface area contributed by atoms with E-state index in [0.717, 1.165) is 26.2 Å². The summed E-state index contributed by atoms with van der Waals surface area (Å²) in [7, 11) is 0. The topological polar surface area (TPSA) is 63.4 Å². The van der Waals surface area contributed by atoms with Crippen LogP contribution in [0, 0.1) is 0 Å². The van der Waals surface area contributed by atoms with Crippen LogP contribution in [0.4, 0.5) is 6.01 Å². The zero-order chi connectivity index (χ0) is 13.0. The Labute approximate surface area is 108 Å². The van der Waals surface area contributed by atoms with Crippen molar-refractivity contribution in [2.75, 3.05) is 24.7 Å². The van der Waals surface area contributed by atoms with E-state index < -0.39 is 0 Å². The Hall–Kier alpha value is -1.14. The summed E-state index contributed by atoms with van der Waals surface area (Å²) in [6, 6.07) is 1.36. The van der Waals surface area contributed by atoms with E-state index in [1.54, 1.807) is 0 Å². The molecule has 1 aliphatic rings. The average Bonchev–Trinajstić information content (AvgIpc) is 2.85. The first kappa shape index (κ1) is 13.3. The number of ether oxygens (including phenoxy) is 1. The molecular weight excluding hydrogens is 232 g/mol. The van der Waals surface area contributed by atoms with Crippen molar-refractivity contribution in [3.05, 3.63) is 5.89 Å². The van der Waals surface area contributed by atoms with Gasteiger partial charge < -0.3 is 19.4 Å². The molecule has 6 nitrogen and oxygen atoms in total. The molecule has 0 bridgehead atoms. The van der Waals surface area contributed by atoms with Gasteiger partial charge in [-0.05, 0) is 6.42 Å². The Morgan fingerprint density at radius 3 is 3.00 bits per heavy atom. The zero-order valence-corrected chi connectivity index (χ0v) is 11.3. The van der Waals surface area contributed by atoms with Crippen LogP contribution in [0.15, 0.2) is 4.42 Å². The number of rotatable bonds is 5. The number of nitrogens with zero attached hydrogens (tertiary/aromatic N) is 3. The molecule has 18 heavy (non-hydrogen) atoms. The Bertz CT molecular complexity index is 367. The van der Waals surface area contributed by atoms with Gasteiger partial charge in [0, 0.05) is 12.6 Å². The Morgan fingerprint density at radius 1 is 1.44 bits per heavy atom. The van der Waals surface area contributed by atoms with Crippen molar-refractivity contribution in [2.45, 2.75) is 45.8 Å². The molecule has 6 heteroatoms. The number of hydrogen-bond donors (Lipinski definition) is 1. The molecule has 1 aliphatic heterocycles. The van der Waals surface area contributed by atoms with Crippen LogP contribution in [-0.4, -0.2) is 42.0 Å². The molecule has 102 valence electrons. The van der Waals surface area contributed by atoms with Gasteiger partial charge in [0.15, 0.2) is 0 Å². The maximum Gasteiger partial charge on any atom is 0.318 e. The molecule has 2 rings (SSSR count). The molecule has 1 aromatic heterocycles. The molecule has 1 N–H and O–H groups in total. The molecule has 0 saturated carbocycles. The molecule has 0 radical (unpaired) electrons. The molecule has 0 spiro atoms. The fourth-order valence-corrected chi connectivity index (χ4v) is 1.97. The van der Waals surface area contributed by atoms with Gasteiger partial charge in [-0.3, -0.25) is 0 Å². The summed E-state index contributed by atoms with van der Waals surface area (Å²) in [5.41, 5.74) is 0. The molecule has 1 fully saturated rings.